The lowest BCUT2D eigenvalue weighted by Gasteiger charge is -2.12. The molecule has 3 rings (SSSR count). The van der Waals surface area contributed by atoms with E-state index in [4.69, 9.17) is 10.5 Å². The minimum absolute atomic E-state index is 0.0771. The molecule has 7 nitrogen and oxygen atoms in total. The highest BCUT2D eigenvalue weighted by Crippen LogP contribution is 2.25. The third-order valence-electron chi connectivity index (χ3n) is 4.27. The largest absolute Gasteiger partial charge is 0.497 e. The number of para-hydroxylation sites is 1. The van der Waals surface area contributed by atoms with Crippen LogP contribution >= 0.6 is 0 Å². The first-order valence-corrected chi connectivity index (χ1v) is 8.68. The quantitative estimate of drug-likeness (QED) is 0.674. The summed E-state index contributed by atoms with van der Waals surface area (Å²) in [6.45, 7) is 6.05. The number of aromatic nitrogens is 3. The molecular weight excluding hydrogens is 342 g/mol. The number of anilines is 2. The molecule has 0 aliphatic carbocycles. The average Bonchev–Trinajstić information content (AvgIpc) is 3.05. The number of carbonyl (C=O) groups is 1. The average molecular weight is 365 g/mol. The molecule has 0 aliphatic rings. The maximum Gasteiger partial charge on any atom is 0.295 e. The van der Waals surface area contributed by atoms with Crippen molar-refractivity contribution in [2.75, 3.05) is 18.2 Å². The van der Waals surface area contributed by atoms with E-state index in [9.17, 15) is 4.79 Å². The molecule has 3 aromatic rings. The zero-order valence-corrected chi connectivity index (χ0v) is 15.9. The number of nitrogens with zero attached hydrogens (tertiary/aromatic N) is 3. The lowest BCUT2D eigenvalue weighted by Crippen LogP contribution is -2.15. The summed E-state index contributed by atoms with van der Waals surface area (Å²) in [6.07, 6.45) is 0. The van der Waals surface area contributed by atoms with E-state index in [0.29, 0.717) is 28.9 Å². The topological polar surface area (TPSA) is 95.1 Å². The summed E-state index contributed by atoms with van der Waals surface area (Å²) in [6, 6.07) is 13.0. The Bertz CT molecular complexity index is 978. The number of nitrogen functional groups attached to an aromatic ring is 1. The lowest BCUT2D eigenvalue weighted by molar-refractivity contribution is 0.101. The Morgan fingerprint density at radius 3 is 2.67 bits per heavy atom. The molecule has 0 aliphatic heterocycles. The summed E-state index contributed by atoms with van der Waals surface area (Å²) in [4.78, 5) is 17.0. The molecule has 1 amide bonds. The number of methoxy groups -OCH3 is 1. The Morgan fingerprint density at radius 2 is 1.96 bits per heavy atom. The predicted octanol–water partition coefficient (Wildman–Crippen LogP) is 3.54. The third kappa shape index (κ3) is 3.76. The van der Waals surface area contributed by atoms with Crippen LogP contribution in [0.3, 0.4) is 0 Å². The molecule has 0 bridgehead atoms. The summed E-state index contributed by atoms with van der Waals surface area (Å²) in [5.41, 5.74) is 8.87. The summed E-state index contributed by atoms with van der Waals surface area (Å²) < 4.78 is 6.87. The number of hydrogen-bond donors (Lipinski definition) is 2. The van der Waals surface area contributed by atoms with Crippen molar-refractivity contribution in [3.8, 4) is 11.4 Å². The van der Waals surface area contributed by atoms with E-state index < -0.39 is 5.91 Å². The fraction of sp³-hybridized carbons (Fsp3) is 0.250. The number of ether oxygens (including phenoxy) is 1. The van der Waals surface area contributed by atoms with E-state index in [-0.39, 0.29) is 5.82 Å². The molecule has 0 spiro atoms. The van der Waals surface area contributed by atoms with Crippen LogP contribution in [0.1, 0.15) is 41.8 Å². The van der Waals surface area contributed by atoms with Crippen LogP contribution in [0.25, 0.3) is 5.69 Å². The van der Waals surface area contributed by atoms with Crippen molar-refractivity contribution in [2.45, 2.75) is 26.7 Å². The molecule has 0 fully saturated rings. The smallest absolute Gasteiger partial charge is 0.295 e. The second-order valence-electron chi connectivity index (χ2n) is 6.52. The van der Waals surface area contributed by atoms with Gasteiger partial charge in [0.2, 0.25) is 5.82 Å². The van der Waals surface area contributed by atoms with Gasteiger partial charge in [-0.2, -0.15) is 0 Å². The van der Waals surface area contributed by atoms with Crippen LogP contribution in [0, 0.1) is 6.92 Å². The zero-order chi connectivity index (χ0) is 19.6. The van der Waals surface area contributed by atoms with Crippen molar-refractivity contribution >= 4 is 17.3 Å². The van der Waals surface area contributed by atoms with Gasteiger partial charge in [0.1, 0.15) is 11.6 Å². The number of benzene rings is 2. The number of amides is 1. The number of aryl methyl sites for hydroxylation is 1. The van der Waals surface area contributed by atoms with Crippen molar-refractivity contribution in [1.82, 2.24) is 14.8 Å². The van der Waals surface area contributed by atoms with Gasteiger partial charge < -0.3 is 15.8 Å². The maximum absolute atomic E-state index is 12.6. The SMILES string of the molecule is COc1ccc(N)c(NC(=O)c2nc(C)n(-c3ccccc3C(C)C)n2)c1. The van der Waals surface area contributed by atoms with Crippen LogP contribution in [0.2, 0.25) is 0 Å². The van der Waals surface area contributed by atoms with E-state index in [2.05, 4.69) is 35.3 Å². The zero-order valence-electron chi connectivity index (χ0n) is 15.9. The van der Waals surface area contributed by atoms with Crippen molar-refractivity contribution in [2.24, 2.45) is 0 Å². The van der Waals surface area contributed by atoms with Crippen LogP contribution in [-0.4, -0.2) is 27.8 Å². The van der Waals surface area contributed by atoms with E-state index in [0.717, 1.165) is 11.3 Å². The Kier molecular flexibility index (Phi) is 5.12. The minimum atomic E-state index is -0.432. The maximum atomic E-state index is 12.6. The highest BCUT2D eigenvalue weighted by molar-refractivity contribution is 6.03. The normalized spacial score (nSPS) is 10.9. The fourth-order valence-corrected chi connectivity index (χ4v) is 2.83. The molecule has 2 aromatic carbocycles. The summed E-state index contributed by atoms with van der Waals surface area (Å²) >= 11 is 0. The van der Waals surface area contributed by atoms with Crippen molar-refractivity contribution in [3.05, 3.63) is 59.7 Å². The van der Waals surface area contributed by atoms with Gasteiger partial charge in [-0.3, -0.25) is 4.79 Å². The first kappa shape index (κ1) is 18.4. The molecule has 0 saturated carbocycles. The number of nitrogens with one attached hydrogen (secondary N) is 1. The van der Waals surface area contributed by atoms with Crippen molar-refractivity contribution < 1.29 is 9.53 Å². The van der Waals surface area contributed by atoms with Crippen LogP contribution < -0.4 is 15.8 Å². The highest BCUT2D eigenvalue weighted by atomic mass is 16.5. The van der Waals surface area contributed by atoms with Gasteiger partial charge in [-0.1, -0.05) is 32.0 Å². The molecule has 27 heavy (non-hydrogen) atoms. The van der Waals surface area contributed by atoms with E-state index >= 15 is 0 Å². The van der Waals surface area contributed by atoms with Crippen LogP contribution in [0.5, 0.6) is 5.75 Å². The molecule has 0 atom stereocenters. The van der Waals surface area contributed by atoms with Gasteiger partial charge in [0.15, 0.2) is 0 Å². The first-order chi connectivity index (χ1) is 12.9. The van der Waals surface area contributed by atoms with E-state index in [1.54, 1.807) is 30.0 Å². The highest BCUT2D eigenvalue weighted by Gasteiger charge is 2.18. The molecule has 140 valence electrons. The van der Waals surface area contributed by atoms with Crippen LogP contribution in [-0.2, 0) is 0 Å². The molecule has 0 saturated heterocycles. The Labute approximate surface area is 158 Å². The monoisotopic (exact) mass is 365 g/mol. The molecule has 1 aromatic heterocycles. The van der Waals surface area contributed by atoms with Crippen LogP contribution in [0.4, 0.5) is 11.4 Å². The van der Waals surface area contributed by atoms with Crippen molar-refractivity contribution in [3.63, 3.8) is 0 Å². The van der Waals surface area contributed by atoms with Gasteiger partial charge in [0.05, 0.1) is 24.2 Å². The first-order valence-electron chi connectivity index (χ1n) is 8.68. The van der Waals surface area contributed by atoms with Gasteiger partial charge in [0.25, 0.3) is 5.91 Å². The van der Waals surface area contributed by atoms with Gasteiger partial charge in [-0.05, 0) is 36.6 Å². The lowest BCUT2D eigenvalue weighted by atomic mass is 10.0. The molecule has 3 N–H and O–H groups in total. The Morgan fingerprint density at radius 1 is 1.22 bits per heavy atom. The minimum Gasteiger partial charge on any atom is -0.497 e. The van der Waals surface area contributed by atoms with Gasteiger partial charge in [-0.15, -0.1) is 5.10 Å². The molecule has 7 heteroatoms. The fourth-order valence-electron chi connectivity index (χ4n) is 2.83. The van der Waals surface area contributed by atoms with Crippen molar-refractivity contribution in [1.29, 1.82) is 0 Å². The molecule has 0 unspecified atom stereocenters. The number of nitrogens with two attached hydrogens (primary N) is 1. The van der Waals surface area contributed by atoms with Gasteiger partial charge in [-0.25, -0.2) is 9.67 Å². The van der Waals surface area contributed by atoms with Gasteiger partial charge in [0, 0.05) is 6.07 Å². The second kappa shape index (κ2) is 7.49. The summed E-state index contributed by atoms with van der Waals surface area (Å²) in [7, 11) is 1.55. The third-order valence-corrected chi connectivity index (χ3v) is 4.27. The Hall–Kier alpha value is -3.35. The second-order valence-corrected chi connectivity index (χ2v) is 6.52. The number of hydrogen-bond acceptors (Lipinski definition) is 5. The summed E-state index contributed by atoms with van der Waals surface area (Å²) in [5.74, 6) is 1.19. The van der Waals surface area contributed by atoms with Crippen LogP contribution in [0.15, 0.2) is 42.5 Å². The predicted molar refractivity (Wildman–Crippen MR) is 106 cm³/mol. The standard InChI is InChI=1S/C20H23N5O2/c1-12(2)15-7-5-6-8-18(15)25-13(3)22-19(24-25)20(26)23-17-11-14(27-4)9-10-16(17)21/h5-12H,21H2,1-4H3,(H,23,26). The molecular formula is C20H23N5O2. The summed E-state index contributed by atoms with van der Waals surface area (Å²) in [5, 5.41) is 7.16. The van der Waals surface area contributed by atoms with Gasteiger partial charge >= 0.3 is 0 Å². The van der Waals surface area contributed by atoms with E-state index in [1.165, 1.54) is 0 Å². The molecule has 0 radical (unpaired) electrons. The molecule has 1 heterocycles. The van der Waals surface area contributed by atoms with E-state index in [1.807, 2.05) is 25.1 Å². The number of carbonyl (C=O) groups excluding carboxylic acids is 1. The Balaban J connectivity index is 1.92. The number of rotatable bonds is 5.